The third kappa shape index (κ3) is 5.76. The van der Waals surface area contributed by atoms with Crippen LogP contribution < -0.4 is 0 Å². The highest BCUT2D eigenvalue weighted by atomic mass is 35.5. The normalized spacial score (nSPS) is 13.2. The maximum absolute atomic E-state index is 10.0. The van der Waals surface area contributed by atoms with Crippen LogP contribution in [0.4, 0.5) is 0 Å². The van der Waals surface area contributed by atoms with Gasteiger partial charge in [-0.2, -0.15) is 0 Å². The van der Waals surface area contributed by atoms with Crippen LogP contribution >= 0.6 is 11.6 Å². The van der Waals surface area contributed by atoms with E-state index >= 15 is 0 Å². The van der Waals surface area contributed by atoms with Gasteiger partial charge in [-0.05, 0) is 18.5 Å². The number of carbonyl (C=O) groups is 1. The first-order valence-corrected chi connectivity index (χ1v) is 2.87. The summed E-state index contributed by atoms with van der Waals surface area (Å²) in [5.41, 5.74) is 0. The molecule has 0 aliphatic heterocycles. The molecule has 0 radical (unpaired) electrons. The second-order valence-electron chi connectivity index (χ2n) is 1.47. The van der Waals surface area contributed by atoms with Gasteiger partial charge in [-0.25, -0.2) is 0 Å². The fourth-order valence-electron chi connectivity index (χ4n) is 0.251. The standard InChI is InChI=1S/C5H9ClO3/c1-4(8-2)9-3-5(6)7/h4H,3H2,1-2H3. The van der Waals surface area contributed by atoms with Gasteiger partial charge in [0.2, 0.25) is 5.24 Å². The molecule has 0 aromatic heterocycles. The van der Waals surface area contributed by atoms with Crippen molar-refractivity contribution < 1.29 is 14.3 Å². The van der Waals surface area contributed by atoms with E-state index in [1.165, 1.54) is 7.11 Å². The van der Waals surface area contributed by atoms with Gasteiger partial charge < -0.3 is 9.47 Å². The van der Waals surface area contributed by atoms with Crippen molar-refractivity contribution >= 4 is 16.8 Å². The molecule has 1 atom stereocenters. The molecule has 0 rings (SSSR count). The Morgan fingerprint density at radius 2 is 2.33 bits per heavy atom. The van der Waals surface area contributed by atoms with E-state index in [-0.39, 0.29) is 12.9 Å². The average Bonchev–Trinajstić information content (AvgIpc) is 1.83. The lowest BCUT2D eigenvalue weighted by Crippen LogP contribution is -2.13. The summed E-state index contributed by atoms with van der Waals surface area (Å²) in [6, 6.07) is 0. The van der Waals surface area contributed by atoms with E-state index in [1.807, 2.05) is 0 Å². The topological polar surface area (TPSA) is 35.5 Å². The maximum Gasteiger partial charge on any atom is 0.247 e. The Balaban J connectivity index is 3.16. The van der Waals surface area contributed by atoms with Crippen LogP contribution in [-0.2, 0) is 14.3 Å². The second kappa shape index (κ2) is 4.73. The SMILES string of the molecule is COC(C)OCC(=O)Cl. The lowest BCUT2D eigenvalue weighted by molar-refractivity contribution is -0.135. The Morgan fingerprint density at radius 3 is 2.67 bits per heavy atom. The molecule has 0 aromatic carbocycles. The predicted octanol–water partition coefficient (Wildman–Crippen LogP) is 0.761. The van der Waals surface area contributed by atoms with E-state index < -0.39 is 5.24 Å². The molecule has 1 unspecified atom stereocenters. The first kappa shape index (κ1) is 8.88. The molecule has 0 saturated carbocycles. The minimum absolute atomic E-state index is 0.101. The van der Waals surface area contributed by atoms with Crippen molar-refractivity contribution in [3.05, 3.63) is 0 Å². The van der Waals surface area contributed by atoms with Gasteiger partial charge in [0.25, 0.3) is 0 Å². The molecule has 3 nitrogen and oxygen atoms in total. The molecule has 54 valence electrons. The van der Waals surface area contributed by atoms with Gasteiger partial charge in [0, 0.05) is 7.11 Å². The van der Waals surface area contributed by atoms with Gasteiger partial charge >= 0.3 is 0 Å². The van der Waals surface area contributed by atoms with Gasteiger partial charge in [0.05, 0.1) is 0 Å². The van der Waals surface area contributed by atoms with E-state index in [2.05, 4.69) is 4.74 Å². The molecule has 0 amide bonds. The smallest absolute Gasteiger partial charge is 0.247 e. The van der Waals surface area contributed by atoms with E-state index in [9.17, 15) is 4.79 Å². The number of ether oxygens (including phenoxy) is 2. The zero-order chi connectivity index (χ0) is 7.28. The van der Waals surface area contributed by atoms with E-state index in [0.717, 1.165) is 0 Å². The van der Waals surface area contributed by atoms with Crippen LogP contribution in [0, 0.1) is 0 Å². The molecule has 0 aromatic rings. The molecule has 0 spiro atoms. The lowest BCUT2D eigenvalue weighted by Gasteiger charge is -2.07. The lowest BCUT2D eigenvalue weighted by atomic mass is 10.7. The van der Waals surface area contributed by atoms with Crippen LogP contribution in [0.5, 0.6) is 0 Å². The third-order valence-corrected chi connectivity index (χ3v) is 0.873. The number of rotatable bonds is 4. The van der Waals surface area contributed by atoms with Crippen LogP contribution in [-0.4, -0.2) is 25.2 Å². The minimum atomic E-state index is -0.515. The summed E-state index contributed by atoms with van der Waals surface area (Å²) in [6.45, 7) is 1.58. The highest BCUT2D eigenvalue weighted by molar-refractivity contribution is 6.63. The van der Waals surface area contributed by atoms with Gasteiger partial charge in [-0.3, -0.25) is 4.79 Å². The predicted molar refractivity (Wildman–Crippen MR) is 33.3 cm³/mol. The number of carbonyl (C=O) groups excluding carboxylic acids is 1. The van der Waals surface area contributed by atoms with Gasteiger partial charge in [-0.1, -0.05) is 0 Å². The Bertz CT molecular complexity index is 94.2. The Morgan fingerprint density at radius 1 is 1.78 bits per heavy atom. The van der Waals surface area contributed by atoms with Crippen LogP contribution in [0.15, 0.2) is 0 Å². The van der Waals surface area contributed by atoms with Crippen LogP contribution in [0.3, 0.4) is 0 Å². The monoisotopic (exact) mass is 152 g/mol. The summed E-state index contributed by atoms with van der Waals surface area (Å²) in [5, 5.41) is -0.515. The van der Waals surface area contributed by atoms with E-state index in [4.69, 9.17) is 16.3 Å². The summed E-state index contributed by atoms with van der Waals surface area (Å²) in [7, 11) is 1.49. The van der Waals surface area contributed by atoms with E-state index in [0.29, 0.717) is 0 Å². The average molecular weight is 153 g/mol. The van der Waals surface area contributed by atoms with E-state index in [1.54, 1.807) is 6.92 Å². The summed E-state index contributed by atoms with van der Waals surface area (Å²) in [4.78, 5) is 10.0. The molecule has 0 heterocycles. The molecule has 4 heteroatoms. The van der Waals surface area contributed by atoms with Crippen molar-refractivity contribution in [1.29, 1.82) is 0 Å². The van der Waals surface area contributed by atoms with Crippen molar-refractivity contribution in [2.24, 2.45) is 0 Å². The van der Waals surface area contributed by atoms with Crippen molar-refractivity contribution in [2.75, 3.05) is 13.7 Å². The first-order chi connectivity index (χ1) is 4.16. The first-order valence-electron chi connectivity index (χ1n) is 2.49. The zero-order valence-electron chi connectivity index (χ0n) is 5.39. The minimum Gasteiger partial charge on any atom is -0.356 e. The number of halogens is 1. The number of hydrogen-bond donors (Lipinski definition) is 0. The molecule has 0 aliphatic carbocycles. The molecule has 0 aliphatic rings. The molecule has 0 fully saturated rings. The molecule has 0 N–H and O–H groups in total. The summed E-state index contributed by atoms with van der Waals surface area (Å²) < 4.78 is 9.42. The highest BCUT2D eigenvalue weighted by Gasteiger charge is 2.00. The molecular weight excluding hydrogens is 144 g/mol. The fraction of sp³-hybridized carbons (Fsp3) is 0.800. The fourth-order valence-corrected chi connectivity index (χ4v) is 0.314. The summed E-state index contributed by atoms with van der Waals surface area (Å²) >= 11 is 4.96. The Hall–Kier alpha value is -0.120. The van der Waals surface area contributed by atoms with Crippen molar-refractivity contribution in [3.8, 4) is 0 Å². The van der Waals surface area contributed by atoms with Gasteiger partial charge in [0.15, 0.2) is 6.29 Å². The largest absolute Gasteiger partial charge is 0.356 e. The second-order valence-corrected chi connectivity index (χ2v) is 1.89. The maximum atomic E-state index is 10.0. The van der Waals surface area contributed by atoms with Crippen LogP contribution in [0.25, 0.3) is 0 Å². The van der Waals surface area contributed by atoms with Crippen molar-refractivity contribution in [1.82, 2.24) is 0 Å². The quantitative estimate of drug-likeness (QED) is 0.441. The summed E-state index contributed by atoms with van der Waals surface area (Å²) in [6.07, 6.45) is -0.368. The van der Waals surface area contributed by atoms with Crippen LogP contribution in [0.1, 0.15) is 6.92 Å². The van der Waals surface area contributed by atoms with Crippen molar-refractivity contribution in [2.45, 2.75) is 13.2 Å². The highest BCUT2D eigenvalue weighted by Crippen LogP contribution is 1.91. The Labute approximate surface area is 58.9 Å². The molecule has 0 bridgehead atoms. The summed E-state index contributed by atoms with van der Waals surface area (Å²) in [5.74, 6) is 0. The van der Waals surface area contributed by atoms with Crippen molar-refractivity contribution in [3.63, 3.8) is 0 Å². The molecule has 0 saturated heterocycles. The van der Waals surface area contributed by atoms with Crippen LogP contribution in [0.2, 0.25) is 0 Å². The van der Waals surface area contributed by atoms with Gasteiger partial charge in [-0.15, -0.1) is 0 Å². The third-order valence-electron chi connectivity index (χ3n) is 0.763. The number of methoxy groups -OCH3 is 1. The number of hydrogen-bond acceptors (Lipinski definition) is 3. The van der Waals surface area contributed by atoms with Gasteiger partial charge in [0.1, 0.15) is 6.61 Å². The zero-order valence-corrected chi connectivity index (χ0v) is 6.14. The molecule has 9 heavy (non-hydrogen) atoms. The Kier molecular flexibility index (Phi) is 4.67. The molecular formula is C5H9ClO3.